The van der Waals surface area contributed by atoms with Gasteiger partial charge in [0.15, 0.2) is 0 Å². The summed E-state index contributed by atoms with van der Waals surface area (Å²) in [7, 11) is 0. The summed E-state index contributed by atoms with van der Waals surface area (Å²) >= 11 is 0. The van der Waals surface area contributed by atoms with Gasteiger partial charge in [-0.1, -0.05) is 31.6 Å². The molecule has 0 amide bonds. The lowest BCUT2D eigenvalue weighted by molar-refractivity contribution is 0.212. The lowest BCUT2D eigenvalue weighted by atomic mass is 10.0. The molecule has 1 N–H and O–H groups in total. The zero-order valence-electron chi connectivity index (χ0n) is 13.3. The Kier molecular flexibility index (Phi) is 5.51. The van der Waals surface area contributed by atoms with E-state index < -0.39 is 0 Å². The highest BCUT2D eigenvalue weighted by atomic mass is 15.3. The van der Waals surface area contributed by atoms with E-state index in [9.17, 15) is 0 Å². The lowest BCUT2D eigenvalue weighted by Crippen LogP contribution is -2.52. The van der Waals surface area contributed by atoms with Crippen molar-refractivity contribution >= 4 is 12.4 Å². The third kappa shape index (κ3) is 4.39. The van der Waals surface area contributed by atoms with Crippen molar-refractivity contribution in [1.29, 1.82) is 0 Å². The normalized spacial score (nSPS) is 25.4. The zero-order chi connectivity index (χ0) is 15.2. The predicted molar refractivity (Wildman–Crippen MR) is 90.8 cm³/mol. The summed E-state index contributed by atoms with van der Waals surface area (Å²) < 4.78 is 0. The summed E-state index contributed by atoms with van der Waals surface area (Å²) in [5.74, 6) is 1.48. The molecule has 0 bridgehead atoms. The topological polar surface area (TPSA) is 40.0 Å². The number of hydrogen-bond acceptors (Lipinski definition) is 4. The molecule has 0 aromatic rings. The van der Waals surface area contributed by atoms with E-state index in [1.54, 1.807) is 0 Å². The van der Waals surface area contributed by atoms with E-state index in [-0.39, 0.29) is 0 Å². The van der Waals surface area contributed by atoms with Crippen molar-refractivity contribution in [1.82, 2.24) is 10.2 Å². The Morgan fingerprint density at radius 2 is 2.29 bits per heavy atom. The molecule has 4 heteroatoms. The molecule has 4 nitrogen and oxygen atoms in total. The van der Waals surface area contributed by atoms with Crippen LogP contribution in [0.4, 0.5) is 0 Å². The van der Waals surface area contributed by atoms with Gasteiger partial charge >= 0.3 is 0 Å². The molecule has 1 saturated heterocycles. The van der Waals surface area contributed by atoms with Crippen LogP contribution in [-0.4, -0.2) is 43.0 Å². The molecule has 0 saturated carbocycles. The Morgan fingerprint density at radius 3 is 2.90 bits per heavy atom. The first-order chi connectivity index (χ1) is 10.1. The van der Waals surface area contributed by atoms with Gasteiger partial charge in [-0.15, -0.1) is 0 Å². The lowest BCUT2D eigenvalue weighted by Gasteiger charge is -2.36. The highest BCUT2D eigenvalue weighted by Gasteiger charge is 2.22. The van der Waals surface area contributed by atoms with E-state index in [4.69, 9.17) is 0 Å². The molecule has 21 heavy (non-hydrogen) atoms. The van der Waals surface area contributed by atoms with Gasteiger partial charge in [-0.2, -0.15) is 0 Å². The average Bonchev–Trinajstić information content (AvgIpc) is 2.50. The van der Waals surface area contributed by atoms with E-state index in [1.807, 2.05) is 6.20 Å². The summed E-state index contributed by atoms with van der Waals surface area (Å²) in [5.41, 5.74) is 2.36. The Hall–Kier alpha value is -1.68. The quantitative estimate of drug-likeness (QED) is 0.807. The Morgan fingerprint density at radius 1 is 1.48 bits per heavy atom. The van der Waals surface area contributed by atoms with Gasteiger partial charge in [0.2, 0.25) is 0 Å². The van der Waals surface area contributed by atoms with Crippen molar-refractivity contribution in [3.8, 4) is 0 Å². The van der Waals surface area contributed by atoms with Gasteiger partial charge in [-0.3, -0.25) is 4.99 Å². The van der Waals surface area contributed by atoms with Crippen LogP contribution in [-0.2, 0) is 0 Å². The third-order valence-electron chi connectivity index (χ3n) is 4.01. The van der Waals surface area contributed by atoms with Gasteiger partial charge in [0.1, 0.15) is 5.82 Å². The Labute approximate surface area is 128 Å². The fraction of sp³-hybridized carbons (Fsp3) is 0.529. The molecule has 0 spiro atoms. The van der Waals surface area contributed by atoms with Crippen LogP contribution in [0.1, 0.15) is 27.2 Å². The molecule has 0 aromatic carbocycles. The maximum absolute atomic E-state index is 4.56. The molecular formula is C17H26N4. The number of nitrogens with zero attached hydrogens (tertiary/aromatic N) is 3. The fourth-order valence-electron chi connectivity index (χ4n) is 2.52. The zero-order valence-corrected chi connectivity index (χ0v) is 13.3. The third-order valence-corrected chi connectivity index (χ3v) is 4.01. The minimum atomic E-state index is 0.497. The van der Waals surface area contributed by atoms with E-state index >= 15 is 0 Å². The first kappa shape index (κ1) is 15.7. The maximum atomic E-state index is 4.56. The maximum Gasteiger partial charge on any atom is 0.146 e. The standard InChI is InChI=1S/C17H26N4/c1-13(2)16-12-21(10-9-19-16)17(18-4)11-20-15-7-5-14(3)6-8-15/h5-7,11,13,16,19H,4,8-10,12H2,1-3H3/b17-11+,20-15-. The molecule has 1 aliphatic carbocycles. The fourth-order valence-corrected chi connectivity index (χ4v) is 2.52. The van der Waals surface area contributed by atoms with Gasteiger partial charge < -0.3 is 10.2 Å². The van der Waals surface area contributed by atoms with Crippen molar-refractivity contribution < 1.29 is 0 Å². The molecule has 2 aliphatic rings. The summed E-state index contributed by atoms with van der Waals surface area (Å²) in [6, 6.07) is 0.497. The molecule has 0 radical (unpaired) electrons. The number of rotatable bonds is 4. The second-order valence-corrected chi connectivity index (χ2v) is 6.00. The first-order valence-electron chi connectivity index (χ1n) is 7.67. The molecule has 114 valence electrons. The van der Waals surface area contributed by atoms with Crippen molar-refractivity contribution in [2.75, 3.05) is 19.6 Å². The number of nitrogens with one attached hydrogen (secondary N) is 1. The predicted octanol–water partition coefficient (Wildman–Crippen LogP) is 2.76. The molecular weight excluding hydrogens is 260 g/mol. The number of allylic oxidation sites excluding steroid dienone is 4. The van der Waals surface area contributed by atoms with E-state index in [2.05, 4.69) is 65.9 Å². The van der Waals surface area contributed by atoms with Crippen LogP contribution in [0, 0.1) is 5.92 Å². The van der Waals surface area contributed by atoms with Crippen LogP contribution in [0.25, 0.3) is 0 Å². The number of hydrogen-bond donors (Lipinski definition) is 1. The summed E-state index contributed by atoms with van der Waals surface area (Å²) in [6.45, 7) is 13.2. The molecule has 1 fully saturated rings. The van der Waals surface area contributed by atoms with Gasteiger partial charge in [0.25, 0.3) is 0 Å². The largest absolute Gasteiger partial charge is 0.353 e. The van der Waals surface area contributed by atoms with Crippen LogP contribution in [0.3, 0.4) is 0 Å². The van der Waals surface area contributed by atoms with Crippen LogP contribution >= 0.6 is 0 Å². The van der Waals surface area contributed by atoms with Crippen molar-refractivity contribution in [2.24, 2.45) is 15.9 Å². The SMILES string of the molecule is C=N/C(=C\N=C1\C=CC(C)=CC1)N1CCNC(C(C)C)C1. The molecule has 1 aliphatic heterocycles. The molecule has 0 aromatic heterocycles. The summed E-state index contributed by atoms with van der Waals surface area (Å²) in [4.78, 5) is 11.0. The van der Waals surface area contributed by atoms with E-state index in [0.29, 0.717) is 12.0 Å². The van der Waals surface area contributed by atoms with Gasteiger partial charge in [-0.25, -0.2) is 4.99 Å². The van der Waals surface area contributed by atoms with Crippen LogP contribution in [0.5, 0.6) is 0 Å². The minimum Gasteiger partial charge on any atom is -0.353 e. The van der Waals surface area contributed by atoms with Crippen molar-refractivity contribution in [3.05, 3.63) is 35.8 Å². The Balaban J connectivity index is 2.05. The average molecular weight is 286 g/mol. The number of aliphatic imine (C=N–C) groups is 2. The molecule has 1 unspecified atom stereocenters. The smallest absolute Gasteiger partial charge is 0.146 e. The minimum absolute atomic E-state index is 0.497. The molecule has 2 rings (SSSR count). The Bertz CT molecular complexity index is 497. The monoisotopic (exact) mass is 286 g/mol. The highest BCUT2D eigenvalue weighted by Crippen LogP contribution is 2.15. The summed E-state index contributed by atoms with van der Waals surface area (Å²) in [5, 5.41) is 3.55. The van der Waals surface area contributed by atoms with Crippen LogP contribution < -0.4 is 5.32 Å². The van der Waals surface area contributed by atoms with E-state index in [1.165, 1.54) is 5.57 Å². The number of piperazine rings is 1. The second-order valence-electron chi connectivity index (χ2n) is 6.00. The first-order valence-corrected chi connectivity index (χ1v) is 7.67. The van der Waals surface area contributed by atoms with Gasteiger partial charge in [-0.05, 0) is 25.6 Å². The highest BCUT2D eigenvalue weighted by molar-refractivity contribution is 5.97. The van der Waals surface area contributed by atoms with Crippen molar-refractivity contribution in [2.45, 2.75) is 33.2 Å². The second kappa shape index (κ2) is 7.36. The van der Waals surface area contributed by atoms with Crippen LogP contribution in [0.2, 0.25) is 0 Å². The van der Waals surface area contributed by atoms with Crippen molar-refractivity contribution in [3.63, 3.8) is 0 Å². The summed E-state index contributed by atoms with van der Waals surface area (Å²) in [6.07, 6.45) is 9.09. The van der Waals surface area contributed by atoms with E-state index in [0.717, 1.165) is 37.6 Å². The van der Waals surface area contributed by atoms with Gasteiger partial charge in [0.05, 0.1) is 6.20 Å². The van der Waals surface area contributed by atoms with Gasteiger partial charge in [0, 0.05) is 37.8 Å². The van der Waals surface area contributed by atoms with Crippen LogP contribution in [0.15, 0.2) is 45.8 Å². The molecule has 1 heterocycles. The molecule has 1 atom stereocenters.